The van der Waals surface area contributed by atoms with Crippen LogP contribution in [0.1, 0.15) is 22.0 Å². The number of aromatic nitrogens is 2. The lowest BCUT2D eigenvalue weighted by Crippen LogP contribution is -2.28. The highest BCUT2D eigenvalue weighted by Crippen LogP contribution is 2.16. The number of halogens is 1. The minimum Gasteiger partial charge on any atom is -0.386 e. The van der Waals surface area contributed by atoms with Gasteiger partial charge in [-0.05, 0) is 24.3 Å². The second-order valence-corrected chi connectivity index (χ2v) is 4.92. The average Bonchev–Trinajstić information content (AvgIpc) is 3.00. The van der Waals surface area contributed by atoms with E-state index in [-0.39, 0.29) is 18.0 Å². The fourth-order valence-corrected chi connectivity index (χ4v) is 2.23. The number of hydrogen-bond acceptors (Lipinski definition) is 3. The number of hydrogen-bond donors (Lipinski definition) is 3. The van der Waals surface area contributed by atoms with Crippen molar-refractivity contribution in [3.63, 3.8) is 0 Å². The Bertz CT molecular complexity index is 816. The number of carbonyl (C=O) groups excluding carboxylic acids is 1. The van der Waals surface area contributed by atoms with Crippen molar-refractivity contribution in [3.05, 3.63) is 65.6 Å². The van der Waals surface area contributed by atoms with Gasteiger partial charge in [-0.25, -0.2) is 4.39 Å². The van der Waals surface area contributed by atoms with E-state index >= 15 is 0 Å². The van der Waals surface area contributed by atoms with Crippen molar-refractivity contribution in [1.29, 1.82) is 0 Å². The number of nitrogens with zero attached hydrogens (tertiary/aromatic N) is 1. The second kappa shape index (κ2) is 5.95. The van der Waals surface area contributed by atoms with Crippen molar-refractivity contribution in [3.8, 4) is 0 Å². The third-order valence-electron chi connectivity index (χ3n) is 3.42. The van der Waals surface area contributed by atoms with E-state index in [0.29, 0.717) is 5.56 Å². The van der Waals surface area contributed by atoms with E-state index in [1.54, 1.807) is 36.5 Å². The minimum absolute atomic E-state index is 0.0663. The molecule has 22 heavy (non-hydrogen) atoms. The smallest absolute Gasteiger partial charge is 0.251 e. The summed E-state index contributed by atoms with van der Waals surface area (Å²) < 4.78 is 13.5. The van der Waals surface area contributed by atoms with Gasteiger partial charge < -0.3 is 10.4 Å². The molecule has 0 saturated carbocycles. The zero-order valence-electron chi connectivity index (χ0n) is 11.6. The normalized spacial score (nSPS) is 12.3. The molecule has 1 heterocycles. The Morgan fingerprint density at radius 2 is 2.14 bits per heavy atom. The third-order valence-corrected chi connectivity index (χ3v) is 3.42. The molecule has 0 spiro atoms. The number of nitrogens with one attached hydrogen (secondary N) is 2. The number of aliphatic hydroxyl groups excluding tert-OH is 1. The largest absolute Gasteiger partial charge is 0.386 e. The molecule has 1 aromatic heterocycles. The number of aliphatic hydroxyl groups is 1. The Kier molecular flexibility index (Phi) is 3.84. The number of benzene rings is 2. The first kappa shape index (κ1) is 14.2. The van der Waals surface area contributed by atoms with Crippen LogP contribution in [-0.2, 0) is 0 Å². The van der Waals surface area contributed by atoms with Crippen LogP contribution >= 0.6 is 0 Å². The van der Waals surface area contributed by atoms with E-state index in [9.17, 15) is 14.3 Å². The van der Waals surface area contributed by atoms with Crippen molar-refractivity contribution in [2.45, 2.75) is 6.10 Å². The Labute approximate surface area is 125 Å². The maximum atomic E-state index is 13.5. The monoisotopic (exact) mass is 299 g/mol. The molecule has 2 aromatic carbocycles. The van der Waals surface area contributed by atoms with Gasteiger partial charge in [-0.1, -0.05) is 18.2 Å². The molecule has 3 rings (SSSR count). The van der Waals surface area contributed by atoms with Gasteiger partial charge in [0.1, 0.15) is 5.82 Å². The van der Waals surface area contributed by atoms with Crippen molar-refractivity contribution in [1.82, 2.24) is 15.5 Å². The molecule has 112 valence electrons. The van der Waals surface area contributed by atoms with E-state index in [4.69, 9.17) is 0 Å². The number of amides is 1. The first-order valence-corrected chi connectivity index (χ1v) is 6.79. The predicted octanol–water partition coefficient (Wildman–Crippen LogP) is 2.17. The number of aromatic amines is 1. The molecule has 1 atom stereocenters. The zero-order valence-corrected chi connectivity index (χ0v) is 11.6. The average molecular weight is 299 g/mol. The summed E-state index contributed by atoms with van der Waals surface area (Å²) in [5.74, 6) is -0.831. The fourth-order valence-electron chi connectivity index (χ4n) is 2.23. The lowest BCUT2D eigenvalue weighted by atomic mass is 10.1. The molecule has 3 N–H and O–H groups in total. The summed E-state index contributed by atoms with van der Waals surface area (Å²) in [5.41, 5.74) is 1.45. The predicted molar refractivity (Wildman–Crippen MR) is 79.8 cm³/mol. The Morgan fingerprint density at radius 1 is 1.32 bits per heavy atom. The SMILES string of the molecule is O=C(NCC(O)c1ccccc1F)c1ccc2[nH]ncc2c1. The summed E-state index contributed by atoms with van der Waals surface area (Å²) in [6, 6.07) is 11.1. The molecule has 3 aromatic rings. The number of H-pyrrole nitrogens is 1. The van der Waals surface area contributed by atoms with E-state index in [1.807, 2.05) is 0 Å². The molecule has 0 bridgehead atoms. The third kappa shape index (κ3) is 2.82. The highest BCUT2D eigenvalue weighted by Gasteiger charge is 2.14. The van der Waals surface area contributed by atoms with Gasteiger partial charge in [0.05, 0.1) is 17.8 Å². The Morgan fingerprint density at radius 3 is 2.95 bits per heavy atom. The first-order chi connectivity index (χ1) is 10.6. The molecule has 0 radical (unpaired) electrons. The maximum absolute atomic E-state index is 13.5. The molecule has 0 fully saturated rings. The van der Waals surface area contributed by atoms with Crippen LogP contribution in [0.4, 0.5) is 4.39 Å². The van der Waals surface area contributed by atoms with E-state index < -0.39 is 11.9 Å². The van der Waals surface area contributed by atoms with Crippen LogP contribution in [0.3, 0.4) is 0 Å². The maximum Gasteiger partial charge on any atom is 0.251 e. The summed E-state index contributed by atoms with van der Waals surface area (Å²) in [4.78, 5) is 12.1. The van der Waals surface area contributed by atoms with Crippen LogP contribution in [-0.4, -0.2) is 27.8 Å². The summed E-state index contributed by atoms with van der Waals surface area (Å²) in [7, 11) is 0. The van der Waals surface area contributed by atoms with Gasteiger partial charge in [-0.2, -0.15) is 5.10 Å². The number of fused-ring (bicyclic) bond motifs is 1. The molecule has 1 amide bonds. The van der Waals surface area contributed by atoms with E-state index in [0.717, 1.165) is 10.9 Å². The fraction of sp³-hybridized carbons (Fsp3) is 0.125. The summed E-state index contributed by atoms with van der Waals surface area (Å²) >= 11 is 0. The van der Waals surface area contributed by atoms with Crippen molar-refractivity contribution in [2.24, 2.45) is 0 Å². The zero-order chi connectivity index (χ0) is 15.5. The molecular formula is C16H14FN3O2. The summed E-state index contributed by atoms with van der Waals surface area (Å²) in [6.45, 7) is -0.0663. The van der Waals surface area contributed by atoms with Gasteiger partial charge in [0, 0.05) is 23.1 Å². The summed E-state index contributed by atoms with van der Waals surface area (Å²) in [5, 5.41) is 20.1. The van der Waals surface area contributed by atoms with Gasteiger partial charge in [0.15, 0.2) is 0 Å². The topological polar surface area (TPSA) is 78.0 Å². The number of carbonyl (C=O) groups is 1. The highest BCUT2D eigenvalue weighted by atomic mass is 19.1. The van der Waals surface area contributed by atoms with Crippen molar-refractivity contribution < 1.29 is 14.3 Å². The van der Waals surface area contributed by atoms with Gasteiger partial charge >= 0.3 is 0 Å². The van der Waals surface area contributed by atoms with E-state index in [2.05, 4.69) is 15.5 Å². The van der Waals surface area contributed by atoms with Crippen molar-refractivity contribution in [2.75, 3.05) is 6.54 Å². The van der Waals surface area contributed by atoms with Gasteiger partial charge in [0.25, 0.3) is 5.91 Å². The molecule has 6 heteroatoms. The summed E-state index contributed by atoms with van der Waals surface area (Å²) in [6.07, 6.45) is 0.531. The lowest BCUT2D eigenvalue weighted by Gasteiger charge is -2.13. The van der Waals surface area contributed by atoms with E-state index in [1.165, 1.54) is 12.1 Å². The Hall–Kier alpha value is -2.73. The molecule has 1 unspecified atom stereocenters. The second-order valence-electron chi connectivity index (χ2n) is 4.92. The Balaban J connectivity index is 1.68. The van der Waals surface area contributed by atoms with Crippen LogP contribution in [0.2, 0.25) is 0 Å². The van der Waals surface area contributed by atoms with Gasteiger partial charge in [-0.3, -0.25) is 9.89 Å². The lowest BCUT2D eigenvalue weighted by molar-refractivity contribution is 0.0914. The molecule has 0 aliphatic rings. The standard InChI is InChI=1S/C16H14FN3O2/c17-13-4-2-1-3-12(13)15(21)9-18-16(22)10-5-6-14-11(7-10)8-19-20-14/h1-8,15,21H,9H2,(H,18,22)(H,19,20). The van der Waals surface area contributed by atoms with Crippen LogP contribution in [0.15, 0.2) is 48.7 Å². The molecule has 0 aliphatic heterocycles. The minimum atomic E-state index is -1.09. The van der Waals surface area contributed by atoms with Crippen LogP contribution in [0.5, 0.6) is 0 Å². The molecular weight excluding hydrogens is 285 g/mol. The molecule has 0 aliphatic carbocycles. The quantitative estimate of drug-likeness (QED) is 0.691. The highest BCUT2D eigenvalue weighted by molar-refractivity contribution is 5.97. The van der Waals surface area contributed by atoms with Crippen LogP contribution in [0, 0.1) is 5.82 Å². The van der Waals surface area contributed by atoms with Crippen LogP contribution < -0.4 is 5.32 Å². The van der Waals surface area contributed by atoms with Crippen LogP contribution in [0.25, 0.3) is 10.9 Å². The van der Waals surface area contributed by atoms with Crippen molar-refractivity contribution >= 4 is 16.8 Å². The van der Waals surface area contributed by atoms with Gasteiger partial charge in [0.2, 0.25) is 0 Å². The molecule has 5 nitrogen and oxygen atoms in total. The first-order valence-electron chi connectivity index (χ1n) is 6.79. The number of rotatable bonds is 4. The van der Waals surface area contributed by atoms with Gasteiger partial charge in [-0.15, -0.1) is 0 Å². The molecule has 0 saturated heterocycles.